The van der Waals surface area contributed by atoms with E-state index in [4.69, 9.17) is 11.6 Å². The molecule has 0 saturated carbocycles. The number of aliphatic hydroxyl groups is 1. The van der Waals surface area contributed by atoms with Gasteiger partial charge in [0.1, 0.15) is 4.21 Å². The molecule has 0 atom stereocenters. The fourth-order valence-corrected chi connectivity index (χ4v) is 6.27. The minimum atomic E-state index is -3.44. The highest BCUT2D eigenvalue weighted by Crippen LogP contribution is 2.36. The Balaban J connectivity index is 0.00000208. The first-order valence-electron chi connectivity index (χ1n) is 7.86. The number of unbranched alkanes of at least 4 members (excludes halogenated alkanes) is 1. The Hall–Kier alpha value is -0.310. The zero-order valence-corrected chi connectivity index (χ0v) is 16.4. The van der Waals surface area contributed by atoms with Crippen molar-refractivity contribution in [2.45, 2.75) is 36.0 Å². The molecule has 0 amide bonds. The zero-order valence-electron chi connectivity index (χ0n) is 13.2. The predicted molar refractivity (Wildman–Crippen MR) is 100 cm³/mol. The van der Waals surface area contributed by atoms with E-state index in [2.05, 4.69) is 4.90 Å². The van der Waals surface area contributed by atoms with Gasteiger partial charge in [-0.1, -0.05) is 11.6 Å². The van der Waals surface area contributed by atoms with Gasteiger partial charge in [0.15, 0.2) is 0 Å². The molecule has 2 aliphatic heterocycles. The van der Waals surface area contributed by atoms with Gasteiger partial charge in [0.2, 0.25) is 0 Å². The van der Waals surface area contributed by atoms with Gasteiger partial charge in [-0.2, -0.15) is 0 Å². The van der Waals surface area contributed by atoms with E-state index < -0.39 is 10.0 Å². The normalized spacial score (nSPS) is 20.7. The number of fused-ring (bicyclic) bond motifs is 1. The van der Waals surface area contributed by atoms with Crippen LogP contribution in [0.3, 0.4) is 0 Å². The summed E-state index contributed by atoms with van der Waals surface area (Å²) in [6.07, 6.45) is 6.74. The number of likely N-dealkylation sites (tertiary alicyclic amines) is 1. The number of hydrogen-bond acceptors (Lipinski definition) is 5. The molecule has 1 fully saturated rings. The van der Waals surface area contributed by atoms with E-state index in [-0.39, 0.29) is 18.5 Å². The highest BCUT2D eigenvalue weighted by molar-refractivity contribution is 7.91. The molecule has 2 aliphatic rings. The standard InChI is InChI=1S/C15H21ClN2O3S2.ClH/c16-14-11-12-3-10-18(23(20,21)15(12)22-14)7-2-1-6-17-8-4-13(19)5-9-17;/h3,10-11,13,19H,1-2,4-9H2;1H. The summed E-state index contributed by atoms with van der Waals surface area (Å²) in [5, 5.41) is 9.49. The van der Waals surface area contributed by atoms with Gasteiger partial charge in [-0.05, 0) is 44.4 Å². The van der Waals surface area contributed by atoms with Crippen LogP contribution in [-0.4, -0.2) is 55.0 Å². The molecule has 1 aromatic heterocycles. The number of thiophene rings is 1. The lowest BCUT2D eigenvalue weighted by atomic mass is 10.1. The second kappa shape index (κ2) is 8.38. The Bertz CT molecular complexity index is 683. The number of aliphatic hydroxyl groups excluding tert-OH is 1. The predicted octanol–water partition coefficient (Wildman–Crippen LogP) is 3.04. The summed E-state index contributed by atoms with van der Waals surface area (Å²) in [5.41, 5.74) is 0.683. The molecule has 1 saturated heterocycles. The molecule has 0 unspecified atom stereocenters. The molecule has 0 aromatic carbocycles. The first kappa shape index (κ1) is 20.0. The Morgan fingerprint density at radius 3 is 2.62 bits per heavy atom. The third-order valence-corrected chi connectivity index (χ3v) is 7.90. The van der Waals surface area contributed by atoms with Crippen molar-refractivity contribution in [2.24, 2.45) is 0 Å². The van der Waals surface area contributed by atoms with Crippen molar-refractivity contribution in [2.75, 3.05) is 26.2 Å². The maximum atomic E-state index is 12.5. The van der Waals surface area contributed by atoms with Crippen LogP contribution in [0, 0.1) is 0 Å². The zero-order chi connectivity index (χ0) is 16.4. The second-order valence-corrected chi connectivity index (χ2v) is 9.77. The molecule has 0 bridgehead atoms. The SMILES string of the molecule is Cl.O=S1(=O)c2sc(Cl)cc2C=CN1CCCCN1CCC(O)CC1. The average Bonchev–Trinajstić information content (AvgIpc) is 2.89. The van der Waals surface area contributed by atoms with E-state index in [1.165, 1.54) is 4.31 Å². The molecular weight excluding hydrogens is 391 g/mol. The smallest absolute Gasteiger partial charge is 0.273 e. The van der Waals surface area contributed by atoms with Crippen molar-refractivity contribution < 1.29 is 13.5 Å². The van der Waals surface area contributed by atoms with E-state index in [1.54, 1.807) is 12.3 Å². The summed E-state index contributed by atoms with van der Waals surface area (Å²) in [5.74, 6) is 0. The van der Waals surface area contributed by atoms with Gasteiger partial charge >= 0.3 is 0 Å². The number of piperidine rings is 1. The molecule has 3 rings (SSSR count). The largest absolute Gasteiger partial charge is 0.393 e. The minimum Gasteiger partial charge on any atom is -0.393 e. The van der Waals surface area contributed by atoms with Crippen molar-refractivity contribution in [1.29, 1.82) is 0 Å². The quantitative estimate of drug-likeness (QED) is 0.754. The number of rotatable bonds is 5. The maximum absolute atomic E-state index is 12.5. The summed E-state index contributed by atoms with van der Waals surface area (Å²) in [6.45, 7) is 3.31. The van der Waals surface area contributed by atoms with Gasteiger partial charge in [-0.25, -0.2) is 8.42 Å². The molecule has 24 heavy (non-hydrogen) atoms. The van der Waals surface area contributed by atoms with E-state index >= 15 is 0 Å². The van der Waals surface area contributed by atoms with Gasteiger partial charge in [0.25, 0.3) is 10.0 Å². The fraction of sp³-hybridized carbons (Fsp3) is 0.600. The van der Waals surface area contributed by atoms with Crippen LogP contribution in [0.1, 0.15) is 31.2 Å². The number of hydrogen-bond donors (Lipinski definition) is 1. The Morgan fingerprint density at radius 2 is 1.92 bits per heavy atom. The maximum Gasteiger partial charge on any atom is 0.273 e. The monoisotopic (exact) mass is 412 g/mol. The first-order chi connectivity index (χ1) is 11.0. The molecule has 136 valence electrons. The fourth-order valence-electron chi connectivity index (χ4n) is 2.97. The molecular formula is C15H22Cl2N2O3S2. The van der Waals surface area contributed by atoms with Gasteiger partial charge < -0.3 is 10.0 Å². The Morgan fingerprint density at radius 1 is 1.25 bits per heavy atom. The molecule has 1 aromatic rings. The van der Waals surface area contributed by atoms with Crippen LogP contribution < -0.4 is 0 Å². The molecule has 0 radical (unpaired) electrons. The number of sulfonamides is 1. The van der Waals surface area contributed by atoms with Crippen molar-refractivity contribution in [3.8, 4) is 0 Å². The van der Waals surface area contributed by atoms with Crippen LogP contribution in [-0.2, 0) is 10.0 Å². The third kappa shape index (κ3) is 4.45. The summed E-state index contributed by atoms with van der Waals surface area (Å²) >= 11 is 7.04. The van der Waals surface area contributed by atoms with E-state index in [0.29, 0.717) is 20.7 Å². The summed E-state index contributed by atoms with van der Waals surface area (Å²) < 4.78 is 27.3. The lowest BCUT2D eigenvalue weighted by Gasteiger charge is -2.29. The van der Waals surface area contributed by atoms with Crippen molar-refractivity contribution >= 4 is 51.4 Å². The summed E-state index contributed by atoms with van der Waals surface area (Å²) in [6, 6.07) is 1.69. The van der Waals surface area contributed by atoms with Crippen molar-refractivity contribution in [3.63, 3.8) is 0 Å². The van der Waals surface area contributed by atoms with Crippen LogP contribution in [0.25, 0.3) is 6.08 Å². The van der Waals surface area contributed by atoms with Crippen LogP contribution in [0.2, 0.25) is 4.34 Å². The average molecular weight is 413 g/mol. The van der Waals surface area contributed by atoms with Gasteiger partial charge in [0.05, 0.1) is 10.4 Å². The minimum absolute atomic E-state index is 0. The van der Waals surface area contributed by atoms with Crippen LogP contribution >= 0.6 is 35.3 Å². The van der Waals surface area contributed by atoms with E-state index in [1.807, 2.05) is 6.08 Å². The van der Waals surface area contributed by atoms with Crippen LogP contribution in [0.15, 0.2) is 16.5 Å². The molecule has 9 heteroatoms. The Labute approximate surface area is 158 Å². The molecule has 1 N–H and O–H groups in total. The lowest BCUT2D eigenvalue weighted by Crippen LogP contribution is -2.36. The second-order valence-electron chi connectivity index (χ2n) is 6.00. The summed E-state index contributed by atoms with van der Waals surface area (Å²) in [7, 11) is -3.44. The van der Waals surface area contributed by atoms with Gasteiger partial charge in [0, 0.05) is 31.4 Å². The van der Waals surface area contributed by atoms with Crippen LogP contribution in [0.4, 0.5) is 0 Å². The van der Waals surface area contributed by atoms with E-state index in [0.717, 1.165) is 56.7 Å². The highest BCUT2D eigenvalue weighted by atomic mass is 35.5. The van der Waals surface area contributed by atoms with Gasteiger partial charge in [-0.3, -0.25) is 4.31 Å². The van der Waals surface area contributed by atoms with E-state index in [9.17, 15) is 13.5 Å². The first-order valence-corrected chi connectivity index (χ1v) is 10.5. The van der Waals surface area contributed by atoms with Crippen LogP contribution in [0.5, 0.6) is 0 Å². The molecule has 0 spiro atoms. The Kier molecular flexibility index (Phi) is 6.99. The van der Waals surface area contributed by atoms with Crippen molar-refractivity contribution in [3.05, 3.63) is 22.2 Å². The molecule has 3 heterocycles. The lowest BCUT2D eigenvalue weighted by molar-refractivity contribution is 0.0817. The topological polar surface area (TPSA) is 60.9 Å². The number of nitrogens with zero attached hydrogens (tertiary/aromatic N) is 2. The van der Waals surface area contributed by atoms with Gasteiger partial charge in [-0.15, -0.1) is 23.7 Å². The molecule has 5 nitrogen and oxygen atoms in total. The highest BCUT2D eigenvalue weighted by Gasteiger charge is 2.29. The number of halogens is 2. The third-order valence-electron chi connectivity index (χ3n) is 4.32. The summed E-state index contributed by atoms with van der Waals surface area (Å²) in [4.78, 5) is 2.34. The molecule has 0 aliphatic carbocycles. The van der Waals surface area contributed by atoms with Crippen molar-refractivity contribution in [1.82, 2.24) is 9.21 Å².